The second-order valence-electron chi connectivity index (χ2n) is 3.90. The van der Waals surface area contributed by atoms with E-state index in [1.165, 1.54) is 18.2 Å². The first-order chi connectivity index (χ1) is 9.86. The summed E-state index contributed by atoms with van der Waals surface area (Å²) in [5, 5.41) is 8.58. The molecule has 0 aliphatic heterocycles. The van der Waals surface area contributed by atoms with Gasteiger partial charge in [-0.05, 0) is 12.1 Å². The molecule has 2 aromatic carbocycles. The second-order valence-corrected chi connectivity index (χ2v) is 3.90. The number of phenols is 1. The molecule has 0 saturated heterocycles. The molecule has 1 amide bonds. The van der Waals surface area contributed by atoms with E-state index in [2.05, 4.69) is 0 Å². The lowest BCUT2D eigenvalue weighted by Gasteiger charge is -2.14. The number of para-hydroxylation sites is 1. The van der Waals surface area contributed by atoms with Crippen LogP contribution in [-0.4, -0.2) is 11.0 Å². The number of hydrogen-bond donors (Lipinski definition) is 1. The topological polar surface area (TPSA) is 40.5 Å². The number of benzene rings is 2. The smallest absolute Gasteiger partial charge is 0.293 e. The average molecular weight is 303 g/mol. The highest BCUT2D eigenvalue weighted by Crippen LogP contribution is 2.31. The van der Waals surface area contributed by atoms with Gasteiger partial charge in [0.15, 0.2) is 17.4 Å². The third-order valence-electron chi connectivity index (χ3n) is 2.62. The molecule has 0 unspecified atom stereocenters. The second kappa shape index (κ2) is 5.39. The maximum Gasteiger partial charge on any atom is 0.293 e. The molecule has 0 aromatic heterocycles. The van der Waals surface area contributed by atoms with Crippen molar-refractivity contribution in [2.75, 3.05) is 5.12 Å². The molecule has 21 heavy (non-hydrogen) atoms. The molecule has 0 spiro atoms. The number of carbonyl (C=O) groups is 1. The first-order valence-corrected chi connectivity index (χ1v) is 5.46. The quantitative estimate of drug-likeness (QED) is 0.399. The highest BCUT2D eigenvalue weighted by molar-refractivity contribution is 6.06. The number of rotatable bonds is 2. The van der Waals surface area contributed by atoms with Crippen molar-refractivity contribution < 1.29 is 31.9 Å². The van der Waals surface area contributed by atoms with Crippen LogP contribution in [0.1, 0.15) is 10.4 Å². The molecule has 0 saturated carbocycles. The summed E-state index contributed by atoms with van der Waals surface area (Å²) in [4.78, 5) is 11.7. The summed E-state index contributed by atoms with van der Waals surface area (Å²) in [6.45, 7) is 0. The Hall–Kier alpha value is -2.64. The summed E-state index contributed by atoms with van der Waals surface area (Å²) in [5.41, 5.74) is -2.01. The zero-order valence-electron chi connectivity index (χ0n) is 10.1. The summed E-state index contributed by atoms with van der Waals surface area (Å²) in [5.74, 6) is -12.7. The van der Waals surface area contributed by atoms with Crippen LogP contribution >= 0.6 is 0 Å². The number of carbonyl (C=O) groups excluding carboxylic acids is 1. The van der Waals surface area contributed by atoms with Crippen LogP contribution in [0.5, 0.6) is 5.75 Å². The van der Waals surface area contributed by atoms with Gasteiger partial charge in [0.1, 0.15) is 5.56 Å². The lowest BCUT2D eigenvalue weighted by Crippen LogP contribution is -2.24. The Kier molecular flexibility index (Phi) is 3.79. The molecule has 0 aliphatic rings. The molecule has 0 atom stereocenters. The van der Waals surface area contributed by atoms with Gasteiger partial charge in [-0.3, -0.25) is 4.79 Å². The van der Waals surface area contributed by atoms with Crippen molar-refractivity contribution in [3.8, 4) is 5.75 Å². The number of aromatic hydroxyl groups is 1. The molecule has 8 heteroatoms. The van der Waals surface area contributed by atoms with Gasteiger partial charge < -0.3 is 5.11 Å². The zero-order valence-corrected chi connectivity index (χ0v) is 10.1. The van der Waals surface area contributed by atoms with Gasteiger partial charge in [0.2, 0.25) is 11.6 Å². The molecule has 0 bridgehead atoms. The third kappa shape index (κ3) is 2.39. The molecular weight excluding hydrogens is 297 g/mol. The molecule has 3 nitrogen and oxygen atoms in total. The van der Waals surface area contributed by atoms with Gasteiger partial charge in [-0.1, -0.05) is 22.7 Å². The Balaban J connectivity index is 2.55. The van der Waals surface area contributed by atoms with Gasteiger partial charge in [0, 0.05) is 0 Å². The SMILES string of the molecule is O=C(c1c(O)c(F)c(F)c(F)c1F)N(F)c1ccccc1. The van der Waals surface area contributed by atoms with Crippen LogP contribution in [0, 0.1) is 23.3 Å². The maximum absolute atomic E-state index is 13.8. The fraction of sp³-hybridized carbons (Fsp3) is 0. The Morgan fingerprint density at radius 2 is 1.43 bits per heavy atom. The summed E-state index contributed by atoms with van der Waals surface area (Å²) < 4.78 is 66.3. The molecule has 110 valence electrons. The predicted molar refractivity (Wildman–Crippen MR) is 62.3 cm³/mol. The first-order valence-electron chi connectivity index (χ1n) is 5.46. The molecule has 0 aliphatic carbocycles. The maximum atomic E-state index is 13.8. The largest absolute Gasteiger partial charge is 0.504 e. The molecule has 1 N–H and O–H groups in total. The van der Waals surface area contributed by atoms with E-state index < -0.39 is 45.6 Å². The van der Waals surface area contributed by atoms with Crippen molar-refractivity contribution in [2.45, 2.75) is 0 Å². The van der Waals surface area contributed by atoms with Gasteiger partial charge in [0.05, 0.1) is 5.69 Å². The Labute approximate surface area is 114 Å². The van der Waals surface area contributed by atoms with Crippen molar-refractivity contribution in [1.82, 2.24) is 0 Å². The first kappa shape index (κ1) is 14.8. The fourth-order valence-electron chi connectivity index (χ4n) is 1.59. The highest BCUT2D eigenvalue weighted by atomic mass is 19.2. The Morgan fingerprint density at radius 3 is 2.00 bits per heavy atom. The standard InChI is InChI=1S/C13H6F5NO2/c14-8-7(12(20)11(17)10(16)9(8)15)13(21)19(18)6-4-2-1-3-5-6/h1-5,20H. The Bertz CT molecular complexity index is 676. The molecule has 2 rings (SSSR count). The van der Waals surface area contributed by atoms with Gasteiger partial charge in [-0.2, -0.15) is 4.39 Å². The summed E-state index contributed by atoms with van der Waals surface area (Å²) >= 11 is 0. The number of anilines is 1. The normalized spacial score (nSPS) is 10.5. The van der Waals surface area contributed by atoms with E-state index in [9.17, 15) is 31.9 Å². The van der Waals surface area contributed by atoms with E-state index in [1.807, 2.05) is 0 Å². The lowest BCUT2D eigenvalue weighted by molar-refractivity contribution is 0.0921. The zero-order chi connectivity index (χ0) is 15.7. The van der Waals surface area contributed by atoms with E-state index >= 15 is 0 Å². The molecular formula is C13H6F5NO2. The number of nitrogens with zero attached hydrogens (tertiary/aromatic N) is 1. The van der Waals surface area contributed by atoms with E-state index in [-0.39, 0.29) is 5.69 Å². The third-order valence-corrected chi connectivity index (χ3v) is 2.62. The molecule has 0 fully saturated rings. The molecule has 0 heterocycles. The van der Waals surface area contributed by atoms with E-state index in [1.54, 1.807) is 0 Å². The van der Waals surface area contributed by atoms with E-state index in [4.69, 9.17) is 0 Å². The van der Waals surface area contributed by atoms with Crippen LogP contribution in [0.25, 0.3) is 0 Å². The number of amides is 1. The van der Waals surface area contributed by atoms with E-state index in [0.29, 0.717) is 0 Å². The highest BCUT2D eigenvalue weighted by Gasteiger charge is 2.32. The minimum atomic E-state index is -2.32. The predicted octanol–water partition coefficient (Wildman–Crippen LogP) is 3.48. The van der Waals surface area contributed by atoms with Crippen molar-refractivity contribution in [3.05, 3.63) is 59.2 Å². The van der Waals surface area contributed by atoms with Gasteiger partial charge in [0.25, 0.3) is 5.91 Å². The number of halogens is 5. The van der Waals surface area contributed by atoms with Crippen LogP contribution < -0.4 is 5.12 Å². The van der Waals surface area contributed by atoms with Crippen molar-refractivity contribution in [2.24, 2.45) is 0 Å². The monoisotopic (exact) mass is 303 g/mol. The van der Waals surface area contributed by atoms with Crippen molar-refractivity contribution in [1.29, 1.82) is 0 Å². The molecule has 2 aromatic rings. The van der Waals surface area contributed by atoms with Gasteiger partial charge in [-0.15, -0.1) is 5.12 Å². The van der Waals surface area contributed by atoms with Crippen molar-refractivity contribution >= 4 is 11.6 Å². The van der Waals surface area contributed by atoms with Crippen LogP contribution in [0.15, 0.2) is 30.3 Å². The van der Waals surface area contributed by atoms with Crippen LogP contribution in [0.2, 0.25) is 0 Å². The van der Waals surface area contributed by atoms with E-state index in [0.717, 1.165) is 12.1 Å². The minimum Gasteiger partial charge on any atom is -0.504 e. The average Bonchev–Trinajstić information content (AvgIpc) is 2.51. The van der Waals surface area contributed by atoms with Crippen LogP contribution in [-0.2, 0) is 0 Å². The summed E-state index contributed by atoms with van der Waals surface area (Å²) in [6, 6.07) is 6.41. The summed E-state index contributed by atoms with van der Waals surface area (Å²) in [6.07, 6.45) is 0. The van der Waals surface area contributed by atoms with Gasteiger partial charge in [-0.25, -0.2) is 13.2 Å². The van der Waals surface area contributed by atoms with Crippen LogP contribution in [0.3, 0.4) is 0 Å². The van der Waals surface area contributed by atoms with Crippen LogP contribution in [0.4, 0.5) is 27.7 Å². The summed E-state index contributed by atoms with van der Waals surface area (Å²) in [7, 11) is 0. The van der Waals surface area contributed by atoms with Crippen molar-refractivity contribution in [3.63, 3.8) is 0 Å². The Morgan fingerprint density at radius 1 is 0.905 bits per heavy atom. The number of phenolic OH excluding ortho intramolecular Hbond substituents is 1. The number of hydrogen-bond acceptors (Lipinski definition) is 2. The molecule has 0 radical (unpaired) electrons. The lowest BCUT2D eigenvalue weighted by atomic mass is 10.1. The fourth-order valence-corrected chi connectivity index (χ4v) is 1.59. The van der Waals surface area contributed by atoms with Gasteiger partial charge >= 0.3 is 0 Å². The minimum absolute atomic E-state index is 0.369.